The van der Waals surface area contributed by atoms with Gasteiger partial charge >= 0.3 is 5.97 Å². The summed E-state index contributed by atoms with van der Waals surface area (Å²) in [6.45, 7) is 11.7. The molecule has 2 unspecified atom stereocenters. The van der Waals surface area contributed by atoms with Gasteiger partial charge in [0.05, 0.1) is 0 Å². The summed E-state index contributed by atoms with van der Waals surface area (Å²) in [4.78, 5) is 15.1. The normalized spacial score (nSPS) is 24.7. The van der Waals surface area contributed by atoms with E-state index in [-0.39, 0.29) is 18.1 Å². The molecule has 0 radical (unpaired) electrons. The monoisotopic (exact) mass is 318 g/mol. The van der Waals surface area contributed by atoms with E-state index in [1.807, 2.05) is 26.8 Å². The molecule has 4 heteroatoms. The minimum atomic E-state index is -0.464. The van der Waals surface area contributed by atoms with Gasteiger partial charge in [-0.15, -0.1) is 0 Å². The van der Waals surface area contributed by atoms with Crippen LogP contribution < -0.4 is 5.32 Å². The molecular weight excluding hydrogens is 288 g/mol. The number of ether oxygens (including phenoxy) is 1. The minimum Gasteiger partial charge on any atom is -0.459 e. The molecule has 1 heterocycles. The van der Waals surface area contributed by atoms with Crippen LogP contribution in [0.15, 0.2) is 30.3 Å². The molecule has 1 aliphatic rings. The molecule has 1 aliphatic heterocycles. The van der Waals surface area contributed by atoms with Crippen LogP contribution in [0, 0.1) is 0 Å². The van der Waals surface area contributed by atoms with Crippen molar-refractivity contribution < 1.29 is 9.53 Å². The Labute approximate surface area is 140 Å². The van der Waals surface area contributed by atoms with Gasteiger partial charge in [0, 0.05) is 18.6 Å². The van der Waals surface area contributed by atoms with E-state index in [0.717, 1.165) is 13.0 Å². The molecule has 23 heavy (non-hydrogen) atoms. The number of hydrogen-bond donors (Lipinski definition) is 1. The van der Waals surface area contributed by atoms with Crippen molar-refractivity contribution in [3.05, 3.63) is 35.9 Å². The molecule has 1 saturated heterocycles. The average Bonchev–Trinajstić information content (AvgIpc) is 2.67. The summed E-state index contributed by atoms with van der Waals surface area (Å²) in [6.07, 6.45) is 1.02. The summed E-state index contributed by atoms with van der Waals surface area (Å²) >= 11 is 0. The van der Waals surface area contributed by atoms with Gasteiger partial charge in [-0.25, -0.2) is 0 Å². The van der Waals surface area contributed by atoms with E-state index in [1.54, 1.807) is 0 Å². The van der Waals surface area contributed by atoms with E-state index in [0.29, 0.717) is 12.6 Å². The van der Waals surface area contributed by atoms with Gasteiger partial charge in [-0.1, -0.05) is 30.3 Å². The Balaban J connectivity index is 2.27. The molecule has 0 spiro atoms. The van der Waals surface area contributed by atoms with E-state index in [9.17, 15) is 4.79 Å². The summed E-state index contributed by atoms with van der Waals surface area (Å²) in [5, 5.41) is 3.39. The van der Waals surface area contributed by atoms with Crippen LogP contribution >= 0.6 is 0 Å². The number of rotatable bonds is 3. The van der Waals surface area contributed by atoms with Crippen LogP contribution in [0.4, 0.5) is 0 Å². The van der Waals surface area contributed by atoms with Crippen LogP contribution in [0.5, 0.6) is 0 Å². The van der Waals surface area contributed by atoms with Gasteiger partial charge in [0.25, 0.3) is 0 Å². The third-order valence-corrected chi connectivity index (χ3v) is 4.35. The molecule has 1 aromatic carbocycles. The third kappa shape index (κ3) is 4.79. The fourth-order valence-electron chi connectivity index (χ4n) is 3.24. The Bertz CT molecular complexity index is 510. The maximum absolute atomic E-state index is 12.8. The fourth-order valence-corrected chi connectivity index (χ4v) is 3.24. The smallest absolute Gasteiger partial charge is 0.325 e. The molecule has 3 atom stereocenters. The molecule has 0 amide bonds. The molecule has 1 aromatic rings. The number of benzene rings is 1. The van der Waals surface area contributed by atoms with E-state index in [4.69, 9.17) is 4.74 Å². The number of carbonyl (C=O) groups is 1. The highest BCUT2D eigenvalue weighted by Gasteiger charge is 2.37. The summed E-state index contributed by atoms with van der Waals surface area (Å²) in [7, 11) is 0. The molecular formula is C19H30N2O2. The number of esters is 1. The molecule has 2 rings (SSSR count). The highest BCUT2D eigenvalue weighted by Crippen LogP contribution is 2.28. The van der Waals surface area contributed by atoms with Crippen LogP contribution in [-0.4, -0.2) is 41.6 Å². The molecule has 0 bridgehead atoms. The molecule has 0 saturated carbocycles. The first kappa shape index (κ1) is 18.0. The lowest BCUT2D eigenvalue weighted by Crippen LogP contribution is -2.51. The Hall–Kier alpha value is -1.39. The number of hydrogen-bond acceptors (Lipinski definition) is 4. The second-order valence-electron chi connectivity index (χ2n) is 7.42. The second kappa shape index (κ2) is 7.45. The van der Waals surface area contributed by atoms with Crippen LogP contribution in [0.25, 0.3) is 0 Å². The highest BCUT2D eigenvalue weighted by atomic mass is 16.6. The second-order valence-corrected chi connectivity index (χ2v) is 7.42. The van der Waals surface area contributed by atoms with Crippen LogP contribution in [0.2, 0.25) is 0 Å². The topological polar surface area (TPSA) is 41.6 Å². The van der Waals surface area contributed by atoms with Crippen LogP contribution in [-0.2, 0) is 9.53 Å². The van der Waals surface area contributed by atoms with Gasteiger partial charge < -0.3 is 10.1 Å². The van der Waals surface area contributed by atoms with Crippen molar-refractivity contribution in [3.8, 4) is 0 Å². The van der Waals surface area contributed by atoms with E-state index in [2.05, 4.69) is 48.3 Å². The summed E-state index contributed by atoms with van der Waals surface area (Å²) in [5.41, 5.74) is 0.767. The summed E-state index contributed by atoms with van der Waals surface area (Å²) < 4.78 is 5.68. The van der Waals surface area contributed by atoms with Crippen molar-refractivity contribution in [1.82, 2.24) is 10.2 Å². The SMILES string of the molecule is CC1CCNC[C@H](C(=O)OC(C)(C)C)N1C(C)c1ccccc1. The number of nitrogens with zero attached hydrogens (tertiary/aromatic N) is 1. The molecule has 0 aliphatic carbocycles. The summed E-state index contributed by atoms with van der Waals surface area (Å²) in [6, 6.07) is 10.6. The third-order valence-electron chi connectivity index (χ3n) is 4.35. The maximum atomic E-state index is 12.8. The van der Waals surface area contributed by atoms with Crippen molar-refractivity contribution in [2.75, 3.05) is 13.1 Å². The van der Waals surface area contributed by atoms with Gasteiger partial charge in [0.2, 0.25) is 0 Å². The number of carbonyl (C=O) groups excluding carboxylic acids is 1. The fraction of sp³-hybridized carbons (Fsp3) is 0.632. The average molecular weight is 318 g/mol. The van der Waals surface area contributed by atoms with Crippen molar-refractivity contribution in [2.45, 2.75) is 64.8 Å². The lowest BCUT2D eigenvalue weighted by atomic mass is 10.0. The van der Waals surface area contributed by atoms with Gasteiger partial charge in [0.15, 0.2) is 0 Å². The van der Waals surface area contributed by atoms with Crippen molar-refractivity contribution in [3.63, 3.8) is 0 Å². The Morgan fingerprint density at radius 3 is 2.57 bits per heavy atom. The zero-order valence-electron chi connectivity index (χ0n) is 15.0. The largest absolute Gasteiger partial charge is 0.459 e. The minimum absolute atomic E-state index is 0.137. The van der Waals surface area contributed by atoms with Crippen molar-refractivity contribution >= 4 is 5.97 Å². The molecule has 0 aromatic heterocycles. The maximum Gasteiger partial charge on any atom is 0.325 e. The molecule has 1 N–H and O–H groups in total. The number of nitrogens with one attached hydrogen (secondary N) is 1. The molecule has 4 nitrogen and oxygen atoms in total. The van der Waals surface area contributed by atoms with Gasteiger partial charge in [-0.2, -0.15) is 0 Å². The van der Waals surface area contributed by atoms with Gasteiger partial charge in [0.1, 0.15) is 11.6 Å². The Kier molecular flexibility index (Phi) is 5.82. The zero-order chi connectivity index (χ0) is 17.0. The van der Waals surface area contributed by atoms with Crippen LogP contribution in [0.1, 0.15) is 52.6 Å². The van der Waals surface area contributed by atoms with Crippen molar-refractivity contribution in [2.24, 2.45) is 0 Å². The highest BCUT2D eigenvalue weighted by molar-refractivity contribution is 5.76. The first-order valence-corrected chi connectivity index (χ1v) is 8.55. The zero-order valence-corrected chi connectivity index (χ0v) is 15.0. The predicted octanol–water partition coefficient (Wildman–Crippen LogP) is 3.14. The van der Waals surface area contributed by atoms with E-state index in [1.165, 1.54) is 5.56 Å². The summed E-state index contributed by atoms with van der Waals surface area (Å²) in [5.74, 6) is -0.137. The Morgan fingerprint density at radius 2 is 1.96 bits per heavy atom. The Morgan fingerprint density at radius 1 is 1.30 bits per heavy atom. The van der Waals surface area contributed by atoms with Crippen LogP contribution in [0.3, 0.4) is 0 Å². The van der Waals surface area contributed by atoms with E-state index < -0.39 is 5.60 Å². The standard InChI is InChI=1S/C19H30N2O2/c1-14-11-12-20-13-17(18(22)23-19(3,4)5)21(14)15(2)16-9-7-6-8-10-16/h6-10,14-15,17,20H,11-13H2,1-5H3/t14?,15?,17-/m1/s1. The molecule has 1 fully saturated rings. The van der Waals surface area contributed by atoms with Gasteiger partial charge in [-0.3, -0.25) is 9.69 Å². The lowest BCUT2D eigenvalue weighted by molar-refractivity contribution is -0.163. The molecule has 128 valence electrons. The van der Waals surface area contributed by atoms with E-state index >= 15 is 0 Å². The lowest BCUT2D eigenvalue weighted by Gasteiger charge is -2.39. The van der Waals surface area contributed by atoms with Gasteiger partial charge in [-0.05, 0) is 53.1 Å². The predicted molar refractivity (Wildman–Crippen MR) is 93.3 cm³/mol. The van der Waals surface area contributed by atoms with Crippen molar-refractivity contribution in [1.29, 1.82) is 0 Å². The first-order chi connectivity index (χ1) is 10.8. The first-order valence-electron chi connectivity index (χ1n) is 8.55. The quantitative estimate of drug-likeness (QED) is 0.869.